The van der Waals surface area contributed by atoms with E-state index in [4.69, 9.17) is 23.7 Å². The van der Waals surface area contributed by atoms with E-state index >= 15 is 0 Å². The van der Waals surface area contributed by atoms with Gasteiger partial charge in [-0.25, -0.2) is 14.7 Å². The second-order valence-electron chi connectivity index (χ2n) is 16.8. The first kappa shape index (κ1) is 47.1. The summed E-state index contributed by atoms with van der Waals surface area (Å²) in [5.74, 6) is -0.526. The second kappa shape index (κ2) is 21.5. The van der Waals surface area contributed by atoms with Crippen LogP contribution in [0.25, 0.3) is 11.1 Å². The minimum atomic E-state index is -0.909. The number of imidazole rings is 1. The highest BCUT2D eigenvalue weighted by atomic mass is 16.7. The fraction of sp³-hybridized carbons (Fsp3) is 0.360. The fourth-order valence-corrected chi connectivity index (χ4v) is 8.65. The SMILES string of the molecule is C=CCOC(=O)N1c2cc(OCCCC(=O)Nc3cn(C)c(C(=O)Nc4ccc(-c5cc(C(=O)Nc6ccccc6)n(C)c5)cc4)n3)c(OC)cc2C(=O)N2CCCC[C@H]2C1OC1CCCCO1. The molecule has 0 bridgehead atoms. The number of benzene rings is 3. The topological polar surface area (TPSA) is 197 Å². The largest absolute Gasteiger partial charge is 0.493 e. The van der Waals surface area contributed by atoms with E-state index in [0.29, 0.717) is 43.1 Å². The Kier molecular flexibility index (Phi) is 14.9. The number of para-hydroxylation sites is 1. The maximum absolute atomic E-state index is 14.3. The highest BCUT2D eigenvalue weighted by Crippen LogP contribution is 2.42. The summed E-state index contributed by atoms with van der Waals surface area (Å²) in [6, 6.07) is 21.0. The zero-order valence-electron chi connectivity index (χ0n) is 38.4. The van der Waals surface area contributed by atoms with Crippen molar-refractivity contribution in [1.82, 2.24) is 19.0 Å². The van der Waals surface area contributed by atoms with Crippen molar-refractivity contribution in [2.45, 2.75) is 69.9 Å². The van der Waals surface area contributed by atoms with E-state index < -0.39 is 30.6 Å². The van der Waals surface area contributed by atoms with Crippen LogP contribution in [-0.2, 0) is 33.1 Å². The van der Waals surface area contributed by atoms with Gasteiger partial charge in [0, 0.05) is 69.1 Å². The van der Waals surface area contributed by atoms with Crippen molar-refractivity contribution in [3.8, 4) is 22.6 Å². The molecular weight excluding hydrogens is 873 g/mol. The van der Waals surface area contributed by atoms with Crippen molar-refractivity contribution in [1.29, 1.82) is 0 Å². The molecule has 3 aliphatic heterocycles. The van der Waals surface area contributed by atoms with Crippen LogP contribution in [0.15, 0.2) is 97.8 Å². The summed E-state index contributed by atoms with van der Waals surface area (Å²) in [7, 11) is 4.92. The number of rotatable bonds is 16. The highest BCUT2D eigenvalue weighted by molar-refractivity contribution is 6.06. The minimum absolute atomic E-state index is 0.0464. The number of hydrogen-bond acceptors (Lipinski definition) is 11. The Balaban J connectivity index is 0.886. The van der Waals surface area contributed by atoms with Gasteiger partial charge in [0.05, 0.1) is 31.0 Å². The Labute approximate surface area is 394 Å². The molecule has 2 fully saturated rings. The van der Waals surface area contributed by atoms with Gasteiger partial charge in [-0.3, -0.25) is 19.2 Å². The Morgan fingerprint density at radius 3 is 2.37 bits per heavy atom. The summed E-state index contributed by atoms with van der Waals surface area (Å²) in [4.78, 5) is 75.1. The molecule has 0 spiro atoms. The lowest BCUT2D eigenvalue weighted by atomic mass is 10.00. The zero-order valence-corrected chi connectivity index (χ0v) is 38.4. The van der Waals surface area contributed by atoms with Gasteiger partial charge in [0.15, 0.2) is 29.8 Å². The van der Waals surface area contributed by atoms with Crippen LogP contribution < -0.4 is 30.3 Å². The molecule has 0 aliphatic carbocycles. The Hall–Kier alpha value is -7.44. The second-order valence-corrected chi connectivity index (χ2v) is 16.8. The molecule has 5 aromatic rings. The van der Waals surface area contributed by atoms with Crippen molar-refractivity contribution < 1.29 is 47.7 Å². The van der Waals surface area contributed by atoms with Gasteiger partial charge in [0.1, 0.15) is 12.3 Å². The molecule has 68 heavy (non-hydrogen) atoms. The number of carbonyl (C=O) groups is 5. The lowest BCUT2D eigenvalue weighted by Gasteiger charge is -2.42. The number of fused-ring (bicyclic) bond motifs is 2. The smallest absolute Gasteiger partial charge is 0.416 e. The number of amides is 5. The normalized spacial score (nSPS) is 17.8. The van der Waals surface area contributed by atoms with Crippen molar-refractivity contribution in [3.63, 3.8) is 0 Å². The van der Waals surface area contributed by atoms with Gasteiger partial charge in [0.2, 0.25) is 11.7 Å². The van der Waals surface area contributed by atoms with Gasteiger partial charge in [-0.1, -0.05) is 43.0 Å². The van der Waals surface area contributed by atoms with Gasteiger partial charge < -0.3 is 53.7 Å². The lowest BCUT2D eigenvalue weighted by molar-refractivity contribution is -0.198. The molecule has 2 saturated heterocycles. The van der Waals surface area contributed by atoms with Crippen molar-refractivity contribution >= 4 is 52.6 Å². The van der Waals surface area contributed by atoms with Crippen LogP contribution in [0, 0.1) is 0 Å². The molecule has 3 aliphatic rings. The van der Waals surface area contributed by atoms with Crippen molar-refractivity contribution in [3.05, 3.63) is 115 Å². The van der Waals surface area contributed by atoms with E-state index in [1.807, 2.05) is 54.7 Å². The Morgan fingerprint density at radius 1 is 0.853 bits per heavy atom. The van der Waals surface area contributed by atoms with E-state index in [9.17, 15) is 24.0 Å². The van der Waals surface area contributed by atoms with Gasteiger partial charge in [-0.05, 0) is 86.9 Å². The third kappa shape index (κ3) is 10.7. The molecule has 2 unspecified atom stereocenters. The summed E-state index contributed by atoms with van der Waals surface area (Å²) in [6.45, 7) is 4.73. The third-order valence-electron chi connectivity index (χ3n) is 12.0. The van der Waals surface area contributed by atoms with Crippen LogP contribution in [0.1, 0.15) is 82.8 Å². The van der Waals surface area contributed by atoms with Crippen LogP contribution in [0.4, 0.5) is 27.7 Å². The number of carbonyl (C=O) groups excluding carboxylic acids is 5. The summed E-state index contributed by atoms with van der Waals surface area (Å²) >= 11 is 0. The van der Waals surface area contributed by atoms with E-state index in [1.165, 1.54) is 22.7 Å². The summed E-state index contributed by atoms with van der Waals surface area (Å²) in [6.07, 6.45) is 7.75. The minimum Gasteiger partial charge on any atom is -0.493 e. The molecule has 18 nitrogen and oxygen atoms in total. The van der Waals surface area contributed by atoms with Crippen LogP contribution >= 0.6 is 0 Å². The van der Waals surface area contributed by atoms with E-state index in [1.54, 1.807) is 54.0 Å². The number of anilines is 4. The summed E-state index contributed by atoms with van der Waals surface area (Å²) in [5.41, 5.74) is 3.89. The molecule has 5 heterocycles. The van der Waals surface area contributed by atoms with Crippen LogP contribution in [0.5, 0.6) is 11.5 Å². The number of piperidine rings is 1. The number of hydrogen-bond donors (Lipinski definition) is 3. The molecular formula is C50H56N8O10. The molecule has 3 aromatic carbocycles. The summed E-state index contributed by atoms with van der Waals surface area (Å²) < 4.78 is 33.3. The molecule has 356 valence electrons. The zero-order chi connectivity index (χ0) is 47.7. The molecule has 5 amide bonds. The number of methoxy groups -OCH3 is 1. The first-order valence-electron chi connectivity index (χ1n) is 22.8. The summed E-state index contributed by atoms with van der Waals surface area (Å²) in [5, 5.41) is 8.51. The molecule has 0 radical (unpaired) electrons. The van der Waals surface area contributed by atoms with Crippen molar-refractivity contribution in [2.24, 2.45) is 14.1 Å². The fourth-order valence-electron chi connectivity index (χ4n) is 8.65. The third-order valence-corrected chi connectivity index (χ3v) is 12.0. The molecule has 3 N–H and O–H groups in total. The van der Waals surface area contributed by atoms with Crippen LogP contribution in [-0.4, -0.2) is 101 Å². The quantitative estimate of drug-likeness (QED) is 0.0647. The van der Waals surface area contributed by atoms with Gasteiger partial charge in [-0.15, -0.1) is 0 Å². The number of aryl methyl sites for hydroxylation is 2. The van der Waals surface area contributed by atoms with Gasteiger partial charge in [-0.2, -0.15) is 0 Å². The van der Waals surface area contributed by atoms with Gasteiger partial charge >= 0.3 is 6.09 Å². The van der Waals surface area contributed by atoms with E-state index in [2.05, 4.69) is 27.5 Å². The number of nitrogens with zero attached hydrogens (tertiary/aromatic N) is 5. The first-order chi connectivity index (χ1) is 33.0. The molecule has 2 aromatic heterocycles. The van der Waals surface area contributed by atoms with E-state index in [0.717, 1.165) is 36.8 Å². The Bertz CT molecular complexity index is 2640. The average Bonchev–Trinajstić information content (AvgIpc) is 3.91. The predicted molar refractivity (Wildman–Crippen MR) is 254 cm³/mol. The standard InChI is InChI=1S/C50H56N8O10/c1-5-24-67-50(63)58-38-29-41(40(64-4)28-36(38)48(62)57-23-11-9-16-37(57)49(58)68-44-18-10-12-25-66-44)65-26-13-17-43(59)53-42-31-56(3)45(54-42)47(61)52-35-21-19-32(20-22-35)33-27-39(55(2)30-33)46(60)51-34-14-7-6-8-15-34/h5-8,14-15,19-22,27-31,37,44,49H,1,9-13,16-18,23-26H2,2-4H3,(H,51,60)(H,52,61)(H,53,59)/t37-,44?,49?/m0/s1. The molecule has 8 rings (SSSR count). The number of nitrogens with one attached hydrogen (secondary N) is 3. The van der Waals surface area contributed by atoms with Gasteiger partial charge in [0.25, 0.3) is 17.7 Å². The maximum Gasteiger partial charge on any atom is 0.416 e. The monoisotopic (exact) mass is 928 g/mol. The molecule has 3 atom stereocenters. The van der Waals surface area contributed by atoms with Crippen LogP contribution in [0.2, 0.25) is 0 Å². The Morgan fingerprint density at radius 2 is 1.62 bits per heavy atom. The maximum atomic E-state index is 14.3. The van der Waals surface area contributed by atoms with Crippen LogP contribution in [0.3, 0.4) is 0 Å². The predicted octanol–water partition coefficient (Wildman–Crippen LogP) is 7.74. The van der Waals surface area contributed by atoms with Crippen molar-refractivity contribution in [2.75, 3.05) is 54.3 Å². The average molecular weight is 929 g/mol. The lowest BCUT2D eigenvalue weighted by Crippen LogP contribution is -2.57. The van der Waals surface area contributed by atoms with E-state index in [-0.39, 0.29) is 78.2 Å². The number of ether oxygens (including phenoxy) is 5. The first-order valence-corrected chi connectivity index (χ1v) is 22.8. The highest BCUT2D eigenvalue weighted by Gasteiger charge is 2.47. The molecule has 0 saturated carbocycles. The number of aromatic nitrogens is 3. The molecule has 18 heteroatoms.